The van der Waals surface area contributed by atoms with Crippen LogP contribution < -0.4 is 4.74 Å². The first-order chi connectivity index (χ1) is 17.4. The summed E-state index contributed by atoms with van der Waals surface area (Å²) < 4.78 is 19.1. The van der Waals surface area contributed by atoms with Gasteiger partial charge in [0.15, 0.2) is 0 Å². The van der Waals surface area contributed by atoms with Crippen molar-refractivity contribution in [3.63, 3.8) is 0 Å². The van der Waals surface area contributed by atoms with Gasteiger partial charge in [-0.05, 0) is 66.1 Å². The molecule has 0 radical (unpaired) electrons. The molecule has 0 bridgehead atoms. The quantitative estimate of drug-likeness (QED) is 0.174. The molecule has 1 heterocycles. The van der Waals surface area contributed by atoms with Crippen molar-refractivity contribution in [1.82, 2.24) is 4.90 Å². The fourth-order valence-corrected chi connectivity index (χ4v) is 4.28. The molecule has 7 heteroatoms. The normalized spacial score (nSPS) is 16.9. The molecule has 0 spiro atoms. The van der Waals surface area contributed by atoms with Gasteiger partial charge in [-0.1, -0.05) is 44.0 Å². The molecule has 1 unspecified atom stereocenters. The first kappa shape index (κ1) is 25.0. The number of nitrogens with zero attached hydrogens (tertiary/aromatic N) is 1. The molecular weight excluding hydrogens is 461 g/mol. The van der Waals surface area contributed by atoms with Gasteiger partial charge < -0.3 is 19.8 Å². The van der Waals surface area contributed by atoms with Crippen LogP contribution >= 0.6 is 0 Å². The summed E-state index contributed by atoms with van der Waals surface area (Å²) in [5, 5.41) is 21.3. The second kappa shape index (κ2) is 11.1. The lowest BCUT2D eigenvalue weighted by atomic mass is 9.95. The van der Waals surface area contributed by atoms with Crippen LogP contribution in [0.4, 0.5) is 4.39 Å². The topological polar surface area (TPSA) is 87.1 Å². The van der Waals surface area contributed by atoms with E-state index in [4.69, 9.17) is 4.74 Å². The van der Waals surface area contributed by atoms with Crippen LogP contribution in [0.15, 0.2) is 78.4 Å². The lowest BCUT2D eigenvalue weighted by molar-refractivity contribution is -0.140. The van der Waals surface area contributed by atoms with Gasteiger partial charge in [-0.2, -0.15) is 0 Å². The number of Topliss-reactive ketones (excluding diaryl/α,β-unsaturated/α-hetero) is 1. The minimum absolute atomic E-state index is 0.0203. The van der Waals surface area contributed by atoms with Crippen LogP contribution in [0.1, 0.15) is 48.9 Å². The molecule has 1 aliphatic rings. The third-order valence-electron chi connectivity index (χ3n) is 6.14. The van der Waals surface area contributed by atoms with Crippen molar-refractivity contribution < 1.29 is 28.9 Å². The summed E-state index contributed by atoms with van der Waals surface area (Å²) in [6.07, 6.45) is 3.11. The minimum atomic E-state index is -0.938. The Kier molecular flexibility index (Phi) is 7.68. The highest BCUT2D eigenvalue weighted by atomic mass is 19.1. The van der Waals surface area contributed by atoms with Crippen molar-refractivity contribution in [2.45, 2.75) is 38.8 Å². The maximum absolute atomic E-state index is 13.4. The maximum atomic E-state index is 13.4. The Hall–Kier alpha value is -4.13. The summed E-state index contributed by atoms with van der Waals surface area (Å²) in [5.74, 6) is -1.75. The van der Waals surface area contributed by atoms with Gasteiger partial charge in [0.05, 0.1) is 18.2 Å². The number of ether oxygens (including phenoxy) is 1. The smallest absolute Gasteiger partial charge is 0.295 e. The van der Waals surface area contributed by atoms with Gasteiger partial charge >= 0.3 is 0 Å². The number of ketones is 1. The number of hydrogen-bond donors (Lipinski definition) is 2. The number of rotatable bonds is 9. The third kappa shape index (κ3) is 5.40. The molecule has 1 fully saturated rings. The molecule has 3 aromatic carbocycles. The Bertz CT molecular complexity index is 1270. The molecule has 1 saturated heterocycles. The first-order valence-electron chi connectivity index (χ1n) is 11.9. The number of aromatic hydroxyl groups is 1. The predicted octanol–water partition coefficient (Wildman–Crippen LogP) is 5.72. The van der Waals surface area contributed by atoms with E-state index in [2.05, 4.69) is 6.92 Å². The number of aliphatic hydroxyl groups excluding tert-OH is 1. The van der Waals surface area contributed by atoms with Gasteiger partial charge in [-0.3, -0.25) is 9.59 Å². The van der Waals surface area contributed by atoms with Crippen molar-refractivity contribution in [1.29, 1.82) is 0 Å². The highest BCUT2D eigenvalue weighted by molar-refractivity contribution is 6.46. The molecule has 186 valence electrons. The molecule has 1 atom stereocenters. The number of carbonyl (C=O) groups excluding carboxylic acids is 2. The van der Waals surface area contributed by atoms with Crippen LogP contribution in [0.2, 0.25) is 0 Å². The number of unbranched alkanes of at least 4 members (excludes halogenated alkanes) is 2. The van der Waals surface area contributed by atoms with Crippen LogP contribution in [-0.2, 0) is 16.1 Å². The van der Waals surface area contributed by atoms with Crippen LogP contribution in [-0.4, -0.2) is 33.4 Å². The number of carbonyl (C=O) groups is 2. The van der Waals surface area contributed by atoms with Gasteiger partial charge in [0.1, 0.15) is 23.1 Å². The molecule has 0 aliphatic carbocycles. The number of aliphatic hydroxyl groups is 1. The Morgan fingerprint density at radius 1 is 1.00 bits per heavy atom. The Morgan fingerprint density at radius 2 is 1.72 bits per heavy atom. The SMILES string of the molecule is CCCCCOc1ccc(/C(O)=C2/C(=O)C(=O)N(Cc3ccc(F)cc3)C2c2cccc(O)c2)cc1. The number of phenolic OH excluding ortho intramolecular Hbond substituents is 1. The molecule has 0 saturated carbocycles. The van der Waals surface area contributed by atoms with Gasteiger partial charge in [-0.15, -0.1) is 0 Å². The number of hydrogen-bond acceptors (Lipinski definition) is 5. The number of amides is 1. The summed E-state index contributed by atoms with van der Waals surface area (Å²) in [7, 11) is 0. The van der Waals surface area contributed by atoms with E-state index in [1.54, 1.807) is 36.4 Å². The highest BCUT2D eigenvalue weighted by Crippen LogP contribution is 2.41. The molecular formula is C29H28FNO5. The second-order valence-electron chi connectivity index (χ2n) is 8.73. The molecule has 1 aliphatic heterocycles. The monoisotopic (exact) mass is 489 g/mol. The summed E-state index contributed by atoms with van der Waals surface area (Å²) in [6, 6.07) is 17.6. The van der Waals surface area contributed by atoms with Crippen LogP contribution in [0.3, 0.4) is 0 Å². The number of phenols is 1. The molecule has 3 aromatic rings. The first-order valence-corrected chi connectivity index (χ1v) is 11.9. The van der Waals surface area contributed by atoms with E-state index < -0.39 is 23.5 Å². The second-order valence-corrected chi connectivity index (χ2v) is 8.73. The molecule has 0 aromatic heterocycles. The lowest BCUT2D eigenvalue weighted by Crippen LogP contribution is -2.29. The van der Waals surface area contributed by atoms with Gasteiger partial charge in [0, 0.05) is 12.1 Å². The summed E-state index contributed by atoms with van der Waals surface area (Å²) in [5.41, 5.74) is 1.37. The number of halogens is 1. The van der Waals surface area contributed by atoms with Crippen LogP contribution in [0.5, 0.6) is 11.5 Å². The fourth-order valence-electron chi connectivity index (χ4n) is 4.28. The molecule has 36 heavy (non-hydrogen) atoms. The number of benzene rings is 3. The summed E-state index contributed by atoms with van der Waals surface area (Å²) in [6.45, 7) is 2.72. The van der Waals surface area contributed by atoms with E-state index in [0.29, 0.717) is 29.0 Å². The maximum Gasteiger partial charge on any atom is 0.295 e. The Balaban J connectivity index is 1.70. The zero-order chi connectivity index (χ0) is 25.7. The standard InChI is InChI=1S/C29H28FNO5/c1-2-3-4-16-36-24-14-10-20(11-15-24)27(33)25-26(21-6-5-7-23(32)17-21)31(29(35)28(25)34)18-19-8-12-22(30)13-9-19/h5-15,17,26,32-33H,2-4,16,18H2,1H3/b27-25-. The van der Waals surface area contributed by atoms with Crippen molar-refractivity contribution in [3.8, 4) is 11.5 Å². The van der Waals surface area contributed by atoms with E-state index in [1.807, 2.05) is 0 Å². The fraction of sp³-hybridized carbons (Fsp3) is 0.241. The average molecular weight is 490 g/mol. The lowest BCUT2D eigenvalue weighted by Gasteiger charge is -2.25. The molecule has 4 rings (SSSR count). The summed E-state index contributed by atoms with van der Waals surface area (Å²) >= 11 is 0. The van der Waals surface area contributed by atoms with Gasteiger partial charge in [0.25, 0.3) is 11.7 Å². The van der Waals surface area contributed by atoms with E-state index in [-0.39, 0.29) is 23.6 Å². The molecule has 1 amide bonds. The number of likely N-dealkylation sites (tertiary alicyclic amines) is 1. The van der Waals surface area contributed by atoms with Gasteiger partial charge in [-0.25, -0.2) is 4.39 Å². The zero-order valence-corrected chi connectivity index (χ0v) is 20.0. The molecule has 2 N–H and O–H groups in total. The van der Waals surface area contributed by atoms with Crippen molar-refractivity contribution in [2.24, 2.45) is 0 Å². The highest BCUT2D eigenvalue weighted by Gasteiger charge is 2.46. The zero-order valence-electron chi connectivity index (χ0n) is 20.0. The van der Waals surface area contributed by atoms with E-state index in [0.717, 1.165) is 19.3 Å². The van der Waals surface area contributed by atoms with Crippen molar-refractivity contribution in [3.05, 3.63) is 101 Å². The summed E-state index contributed by atoms with van der Waals surface area (Å²) in [4.78, 5) is 27.6. The largest absolute Gasteiger partial charge is 0.508 e. The van der Waals surface area contributed by atoms with E-state index in [9.17, 15) is 24.2 Å². The Morgan fingerprint density at radius 3 is 2.39 bits per heavy atom. The molecule has 6 nitrogen and oxygen atoms in total. The average Bonchev–Trinajstić information content (AvgIpc) is 3.13. The minimum Gasteiger partial charge on any atom is -0.508 e. The Labute approximate surface area is 209 Å². The van der Waals surface area contributed by atoms with Gasteiger partial charge in [0.2, 0.25) is 0 Å². The third-order valence-corrected chi connectivity index (χ3v) is 6.14. The van der Waals surface area contributed by atoms with Crippen molar-refractivity contribution >= 4 is 17.4 Å². The van der Waals surface area contributed by atoms with Crippen LogP contribution in [0.25, 0.3) is 5.76 Å². The van der Waals surface area contributed by atoms with Crippen molar-refractivity contribution in [2.75, 3.05) is 6.61 Å². The van der Waals surface area contributed by atoms with E-state index in [1.165, 1.54) is 41.3 Å². The van der Waals surface area contributed by atoms with E-state index >= 15 is 0 Å². The van der Waals surface area contributed by atoms with Crippen LogP contribution in [0, 0.1) is 5.82 Å². The predicted molar refractivity (Wildman–Crippen MR) is 134 cm³/mol.